The molecule has 1 amide bonds. The number of aromatic nitrogens is 1. The smallest absolute Gasteiger partial charge is 0.244 e. The quantitative estimate of drug-likeness (QED) is 0.805. The zero-order chi connectivity index (χ0) is 18.6. The molecular weight excluding hydrogens is 350 g/mol. The molecule has 1 unspecified atom stereocenters. The van der Waals surface area contributed by atoms with Crippen molar-refractivity contribution in [2.75, 3.05) is 26.2 Å². The summed E-state index contributed by atoms with van der Waals surface area (Å²) >= 11 is 0. The highest BCUT2D eigenvalue weighted by molar-refractivity contribution is 7.89. The second kappa shape index (κ2) is 7.97. The highest BCUT2D eigenvalue weighted by atomic mass is 32.2. The van der Waals surface area contributed by atoms with Crippen LogP contribution in [0.4, 0.5) is 0 Å². The molecule has 138 valence electrons. The van der Waals surface area contributed by atoms with Gasteiger partial charge in [-0.2, -0.15) is 4.31 Å². The van der Waals surface area contributed by atoms with Gasteiger partial charge in [0.05, 0.1) is 0 Å². The van der Waals surface area contributed by atoms with Gasteiger partial charge in [0.1, 0.15) is 4.90 Å². The van der Waals surface area contributed by atoms with Crippen molar-refractivity contribution in [1.29, 1.82) is 0 Å². The molecule has 2 aromatic rings. The highest BCUT2D eigenvalue weighted by Gasteiger charge is 2.30. The standard InChI is InChI=1S/C19H23N3O3S/c1-16(17-6-3-2-4-7-17)14-19(23)21-10-12-22(13-11-21)26(24,25)18-8-5-9-20-15-18/h2-9,15-16H,10-14H2,1H3. The first-order valence-electron chi connectivity index (χ1n) is 8.71. The van der Waals surface area contributed by atoms with E-state index in [1.54, 1.807) is 23.2 Å². The van der Waals surface area contributed by atoms with E-state index in [-0.39, 0.29) is 16.7 Å². The van der Waals surface area contributed by atoms with Gasteiger partial charge in [0, 0.05) is 45.0 Å². The van der Waals surface area contributed by atoms with Crippen LogP contribution in [0.15, 0.2) is 59.8 Å². The second-order valence-electron chi connectivity index (χ2n) is 6.49. The summed E-state index contributed by atoms with van der Waals surface area (Å²) < 4.78 is 26.6. The van der Waals surface area contributed by atoms with E-state index in [0.717, 1.165) is 5.56 Å². The molecule has 1 aromatic carbocycles. The normalized spacial score (nSPS) is 17.0. The van der Waals surface area contributed by atoms with Crippen LogP contribution in [-0.2, 0) is 14.8 Å². The first kappa shape index (κ1) is 18.5. The van der Waals surface area contributed by atoms with Crippen LogP contribution < -0.4 is 0 Å². The van der Waals surface area contributed by atoms with E-state index in [4.69, 9.17) is 0 Å². The number of amides is 1. The third-order valence-corrected chi connectivity index (χ3v) is 6.60. The molecule has 3 rings (SSSR count). The maximum atomic E-state index is 12.6. The van der Waals surface area contributed by atoms with Crippen molar-refractivity contribution in [3.63, 3.8) is 0 Å². The molecule has 1 aliphatic rings. The zero-order valence-corrected chi connectivity index (χ0v) is 15.6. The molecule has 0 N–H and O–H groups in total. The maximum absolute atomic E-state index is 12.6. The monoisotopic (exact) mass is 373 g/mol. The van der Waals surface area contributed by atoms with Crippen molar-refractivity contribution in [2.24, 2.45) is 0 Å². The highest BCUT2D eigenvalue weighted by Crippen LogP contribution is 2.21. The summed E-state index contributed by atoms with van der Waals surface area (Å²) in [6.07, 6.45) is 3.33. The molecule has 0 radical (unpaired) electrons. The number of rotatable bonds is 5. The number of piperazine rings is 1. The fourth-order valence-electron chi connectivity index (χ4n) is 3.12. The molecular formula is C19H23N3O3S. The van der Waals surface area contributed by atoms with E-state index in [1.807, 2.05) is 37.3 Å². The maximum Gasteiger partial charge on any atom is 0.244 e. The van der Waals surface area contributed by atoms with Crippen molar-refractivity contribution < 1.29 is 13.2 Å². The van der Waals surface area contributed by atoms with Gasteiger partial charge in [0.25, 0.3) is 0 Å². The minimum Gasteiger partial charge on any atom is -0.340 e. The molecule has 26 heavy (non-hydrogen) atoms. The first-order chi connectivity index (χ1) is 12.5. The number of nitrogens with zero attached hydrogens (tertiary/aromatic N) is 3. The van der Waals surface area contributed by atoms with Crippen molar-refractivity contribution >= 4 is 15.9 Å². The summed E-state index contributed by atoms with van der Waals surface area (Å²) in [5.41, 5.74) is 1.14. The van der Waals surface area contributed by atoms with Crippen LogP contribution in [0.2, 0.25) is 0 Å². The molecule has 7 heteroatoms. The van der Waals surface area contributed by atoms with Crippen LogP contribution in [0, 0.1) is 0 Å². The molecule has 1 saturated heterocycles. The lowest BCUT2D eigenvalue weighted by Gasteiger charge is -2.34. The Morgan fingerprint density at radius 3 is 2.38 bits per heavy atom. The number of hydrogen-bond acceptors (Lipinski definition) is 4. The molecule has 2 heterocycles. The largest absolute Gasteiger partial charge is 0.340 e. The molecule has 1 fully saturated rings. The van der Waals surface area contributed by atoms with Crippen LogP contribution in [0.3, 0.4) is 0 Å². The van der Waals surface area contributed by atoms with E-state index in [1.165, 1.54) is 10.5 Å². The number of benzene rings is 1. The number of carbonyl (C=O) groups excluding carboxylic acids is 1. The molecule has 1 aromatic heterocycles. The fraction of sp³-hybridized carbons (Fsp3) is 0.368. The Hall–Kier alpha value is -2.25. The van der Waals surface area contributed by atoms with Gasteiger partial charge in [-0.15, -0.1) is 0 Å². The Morgan fingerprint density at radius 1 is 1.08 bits per heavy atom. The van der Waals surface area contributed by atoms with Crippen LogP contribution in [0.1, 0.15) is 24.8 Å². The minimum absolute atomic E-state index is 0.0692. The van der Waals surface area contributed by atoms with Gasteiger partial charge in [-0.1, -0.05) is 37.3 Å². The van der Waals surface area contributed by atoms with Crippen molar-refractivity contribution in [3.05, 3.63) is 60.4 Å². The van der Waals surface area contributed by atoms with Crippen LogP contribution in [0.25, 0.3) is 0 Å². The van der Waals surface area contributed by atoms with Gasteiger partial charge in [0.2, 0.25) is 15.9 Å². The predicted molar refractivity (Wildman–Crippen MR) is 99.0 cm³/mol. The summed E-state index contributed by atoms with van der Waals surface area (Å²) in [5.74, 6) is 0.209. The van der Waals surface area contributed by atoms with Crippen molar-refractivity contribution in [1.82, 2.24) is 14.2 Å². The Morgan fingerprint density at radius 2 is 1.77 bits per heavy atom. The third kappa shape index (κ3) is 4.11. The Bertz CT molecular complexity index is 833. The predicted octanol–water partition coefficient (Wildman–Crippen LogP) is 2.11. The molecule has 1 aliphatic heterocycles. The summed E-state index contributed by atoms with van der Waals surface area (Å²) in [4.78, 5) is 18.4. The minimum atomic E-state index is -3.54. The fourth-order valence-corrected chi connectivity index (χ4v) is 4.50. The number of carbonyl (C=O) groups is 1. The third-order valence-electron chi connectivity index (χ3n) is 4.71. The molecule has 0 bridgehead atoms. The van der Waals surface area contributed by atoms with Crippen molar-refractivity contribution in [3.8, 4) is 0 Å². The second-order valence-corrected chi connectivity index (χ2v) is 8.43. The van der Waals surface area contributed by atoms with Gasteiger partial charge >= 0.3 is 0 Å². The van der Waals surface area contributed by atoms with E-state index >= 15 is 0 Å². The van der Waals surface area contributed by atoms with Crippen LogP contribution in [-0.4, -0.2) is 54.7 Å². The molecule has 1 atom stereocenters. The molecule has 6 nitrogen and oxygen atoms in total. The van der Waals surface area contributed by atoms with E-state index in [0.29, 0.717) is 32.6 Å². The lowest BCUT2D eigenvalue weighted by atomic mass is 9.97. The SMILES string of the molecule is CC(CC(=O)N1CCN(S(=O)(=O)c2cccnc2)CC1)c1ccccc1. The molecule has 0 spiro atoms. The number of sulfonamides is 1. The zero-order valence-electron chi connectivity index (χ0n) is 14.8. The Balaban J connectivity index is 1.57. The van der Waals surface area contributed by atoms with E-state index in [9.17, 15) is 13.2 Å². The van der Waals surface area contributed by atoms with Gasteiger partial charge in [-0.05, 0) is 23.6 Å². The van der Waals surface area contributed by atoms with Crippen LogP contribution in [0.5, 0.6) is 0 Å². The van der Waals surface area contributed by atoms with Gasteiger partial charge in [-0.25, -0.2) is 8.42 Å². The lowest BCUT2D eigenvalue weighted by Crippen LogP contribution is -2.50. The first-order valence-corrected chi connectivity index (χ1v) is 10.2. The lowest BCUT2D eigenvalue weighted by molar-refractivity contribution is -0.132. The average molecular weight is 373 g/mol. The number of pyridine rings is 1. The topological polar surface area (TPSA) is 70.6 Å². The van der Waals surface area contributed by atoms with Gasteiger partial charge < -0.3 is 4.90 Å². The number of hydrogen-bond donors (Lipinski definition) is 0. The summed E-state index contributed by atoms with van der Waals surface area (Å²) in [6.45, 7) is 3.49. The molecule has 0 saturated carbocycles. The summed E-state index contributed by atoms with van der Waals surface area (Å²) in [6, 6.07) is 13.1. The summed E-state index contributed by atoms with van der Waals surface area (Å²) in [5, 5.41) is 0. The van der Waals surface area contributed by atoms with E-state index in [2.05, 4.69) is 4.98 Å². The van der Waals surface area contributed by atoms with Gasteiger partial charge in [-0.3, -0.25) is 9.78 Å². The Labute approximate surface area is 154 Å². The Kier molecular flexibility index (Phi) is 5.68. The van der Waals surface area contributed by atoms with E-state index < -0.39 is 10.0 Å². The summed E-state index contributed by atoms with van der Waals surface area (Å²) in [7, 11) is -3.54. The van der Waals surface area contributed by atoms with Crippen molar-refractivity contribution in [2.45, 2.75) is 24.2 Å². The van der Waals surface area contributed by atoms with Gasteiger partial charge in [0.15, 0.2) is 0 Å². The van der Waals surface area contributed by atoms with Crippen LogP contribution >= 0.6 is 0 Å². The average Bonchev–Trinajstić information content (AvgIpc) is 2.69. The molecule has 0 aliphatic carbocycles.